The van der Waals surface area contributed by atoms with Crippen LogP contribution >= 0.6 is 0 Å². The lowest BCUT2D eigenvalue weighted by molar-refractivity contribution is 0.400. The lowest BCUT2D eigenvalue weighted by Crippen LogP contribution is -2.29. The first-order valence-electron chi connectivity index (χ1n) is 9.76. The zero-order chi connectivity index (χ0) is 19.0. The molecular formula is C24H27BO2. The van der Waals surface area contributed by atoms with Crippen molar-refractivity contribution in [3.8, 4) is 0 Å². The fourth-order valence-corrected chi connectivity index (χ4v) is 3.99. The Hall–Kier alpha value is -2.36. The van der Waals surface area contributed by atoms with E-state index in [-0.39, 0.29) is 5.41 Å². The minimum atomic E-state index is -1.20. The predicted molar refractivity (Wildman–Crippen MR) is 113 cm³/mol. The van der Waals surface area contributed by atoms with Crippen LogP contribution < -0.4 is 0 Å². The quantitative estimate of drug-likeness (QED) is 0.319. The van der Waals surface area contributed by atoms with Crippen molar-refractivity contribution < 1.29 is 10.0 Å². The molecule has 0 atom stereocenters. The number of benzene rings is 3. The van der Waals surface area contributed by atoms with Crippen molar-refractivity contribution in [2.45, 2.75) is 37.4 Å². The molecule has 0 bridgehead atoms. The summed E-state index contributed by atoms with van der Waals surface area (Å²) in [5.41, 5.74) is 3.68. The molecule has 0 amide bonds. The summed E-state index contributed by atoms with van der Waals surface area (Å²) in [5.74, 6) is 0. The van der Waals surface area contributed by atoms with Crippen LogP contribution in [0.15, 0.2) is 91.0 Å². The molecule has 0 radical (unpaired) electrons. The highest BCUT2D eigenvalue weighted by molar-refractivity contribution is 6.40. The summed E-state index contributed by atoms with van der Waals surface area (Å²) in [6.07, 6.45) is 4.24. The van der Waals surface area contributed by atoms with E-state index >= 15 is 0 Å². The minimum Gasteiger partial charge on any atom is -0.427 e. The topological polar surface area (TPSA) is 40.5 Å². The number of hydrogen-bond donors (Lipinski definition) is 2. The van der Waals surface area contributed by atoms with E-state index in [2.05, 4.69) is 91.0 Å². The first kappa shape index (κ1) is 19.4. The molecule has 0 unspecified atom stereocenters. The van der Waals surface area contributed by atoms with Crippen LogP contribution in [0.1, 0.15) is 42.4 Å². The SMILES string of the molecule is OB(O)CCCCCC(c1ccccc1)(c1ccccc1)c1ccccc1. The van der Waals surface area contributed by atoms with Crippen LogP contribution in [0, 0.1) is 0 Å². The molecule has 138 valence electrons. The van der Waals surface area contributed by atoms with Crippen molar-refractivity contribution in [3.63, 3.8) is 0 Å². The molecule has 0 spiro atoms. The van der Waals surface area contributed by atoms with Gasteiger partial charge < -0.3 is 10.0 Å². The molecule has 0 saturated carbocycles. The van der Waals surface area contributed by atoms with Gasteiger partial charge in [-0.3, -0.25) is 0 Å². The Balaban J connectivity index is 2.01. The Morgan fingerprint density at radius 3 is 1.33 bits per heavy atom. The smallest absolute Gasteiger partial charge is 0.427 e. The van der Waals surface area contributed by atoms with E-state index in [1.807, 2.05) is 0 Å². The Kier molecular flexibility index (Phi) is 6.86. The van der Waals surface area contributed by atoms with Crippen molar-refractivity contribution in [3.05, 3.63) is 108 Å². The van der Waals surface area contributed by atoms with Crippen molar-refractivity contribution in [1.82, 2.24) is 0 Å². The summed E-state index contributed by atoms with van der Waals surface area (Å²) < 4.78 is 0. The normalized spacial score (nSPS) is 11.3. The maximum absolute atomic E-state index is 9.10. The Labute approximate surface area is 162 Å². The van der Waals surface area contributed by atoms with E-state index in [0.717, 1.165) is 25.7 Å². The van der Waals surface area contributed by atoms with Crippen LogP contribution in [0.25, 0.3) is 0 Å². The summed E-state index contributed by atoms with van der Waals surface area (Å²) in [4.78, 5) is 0. The molecule has 2 N–H and O–H groups in total. The molecule has 0 fully saturated rings. The van der Waals surface area contributed by atoms with Crippen molar-refractivity contribution >= 4 is 7.12 Å². The second-order valence-corrected chi connectivity index (χ2v) is 7.08. The van der Waals surface area contributed by atoms with E-state index in [9.17, 15) is 0 Å². The zero-order valence-corrected chi connectivity index (χ0v) is 15.7. The third kappa shape index (κ3) is 4.68. The van der Waals surface area contributed by atoms with Gasteiger partial charge in [0.05, 0.1) is 0 Å². The van der Waals surface area contributed by atoms with Crippen LogP contribution in [0.2, 0.25) is 6.32 Å². The van der Waals surface area contributed by atoms with Crippen molar-refractivity contribution in [2.75, 3.05) is 0 Å². The second-order valence-electron chi connectivity index (χ2n) is 7.08. The average Bonchev–Trinajstić information content (AvgIpc) is 2.73. The first-order chi connectivity index (χ1) is 13.2. The number of unbranched alkanes of at least 4 members (excludes halogenated alkanes) is 2. The van der Waals surface area contributed by atoms with Gasteiger partial charge in [-0.15, -0.1) is 0 Å². The monoisotopic (exact) mass is 358 g/mol. The summed E-state index contributed by atoms with van der Waals surface area (Å²) in [5, 5.41) is 18.2. The molecule has 0 aliphatic heterocycles. The highest BCUT2D eigenvalue weighted by Gasteiger charge is 2.35. The van der Waals surface area contributed by atoms with E-state index in [1.54, 1.807) is 0 Å². The van der Waals surface area contributed by atoms with Gasteiger partial charge in [-0.2, -0.15) is 0 Å². The summed E-state index contributed by atoms with van der Waals surface area (Å²) >= 11 is 0. The summed E-state index contributed by atoms with van der Waals surface area (Å²) in [6, 6.07) is 32.2. The lowest BCUT2D eigenvalue weighted by Gasteiger charge is -2.36. The Bertz CT molecular complexity index is 692. The fraction of sp³-hybridized carbons (Fsp3) is 0.250. The maximum Gasteiger partial charge on any atom is 0.451 e. The molecule has 3 rings (SSSR count). The molecule has 27 heavy (non-hydrogen) atoms. The van der Waals surface area contributed by atoms with Gasteiger partial charge in [0.25, 0.3) is 0 Å². The van der Waals surface area contributed by atoms with E-state index < -0.39 is 7.12 Å². The molecule has 0 aliphatic carbocycles. The molecule has 3 aromatic carbocycles. The molecule has 0 heterocycles. The molecule has 3 aromatic rings. The fourth-order valence-electron chi connectivity index (χ4n) is 3.99. The molecule has 0 aromatic heterocycles. The lowest BCUT2D eigenvalue weighted by atomic mass is 9.66. The molecule has 0 saturated heterocycles. The van der Waals surface area contributed by atoms with Crippen LogP contribution in [0.4, 0.5) is 0 Å². The highest BCUT2D eigenvalue weighted by atomic mass is 16.4. The van der Waals surface area contributed by atoms with Gasteiger partial charge in [-0.25, -0.2) is 0 Å². The maximum atomic E-state index is 9.10. The average molecular weight is 358 g/mol. The van der Waals surface area contributed by atoms with Gasteiger partial charge in [-0.05, 0) is 29.4 Å². The minimum absolute atomic E-state index is 0.207. The van der Waals surface area contributed by atoms with Gasteiger partial charge in [0.2, 0.25) is 0 Å². The molecule has 2 nitrogen and oxygen atoms in total. The van der Waals surface area contributed by atoms with Crippen LogP contribution in [0.5, 0.6) is 0 Å². The predicted octanol–water partition coefficient (Wildman–Crippen LogP) is 5.05. The van der Waals surface area contributed by atoms with Crippen LogP contribution in [-0.4, -0.2) is 17.2 Å². The van der Waals surface area contributed by atoms with Gasteiger partial charge in [0.1, 0.15) is 0 Å². The van der Waals surface area contributed by atoms with E-state index in [0.29, 0.717) is 6.32 Å². The van der Waals surface area contributed by atoms with Crippen molar-refractivity contribution in [1.29, 1.82) is 0 Å². The standard InChI is InChI=1S/C24H27BO2/c26-25(27)20-12-4-11-19-24(21-13-5-1-6-14-21,22-15-7-2-8-16-22)23-17-9-3-10-18-23/h1-3,5-10,13-18,26-27H,4,11-12,19-20H2. The molecule has 3 heteroatoms. The third-order valence-electron chi connectivity index (χ3n) is 5.31. The Morgan fingerprint density at radius 2 is 0.963 bits per heavy atom. The highest BCUT2D eigenvalue weighted by Crippen LogP contribution is 2.43. The van der Waals surface area contributed by atoms with Gasteiger partial charge in [-0.1, -0.05) is 110 Å². The van der Waals surface area contributed by atoms with Crippen molar-refractivity contribution in [2.24, 2.45) is 0 Å². The number of hydrogen-bond acceptors (Lipinski definition) is 2. The van der Waals surface area contributed by atoms with Gasteiger partial charge in [0, 0.05) is 5.41 Å². The molecular weight excluding hydrogens is 331 g/mol. The largest absolute Gasteiger partial charge is 0.451 e. The molecule has 0 aliphatic rings. The first-order valence-corrected chi connectivity index (χ1v) is 9.76. The van der Waals surface area contributed by atoms with Crippen LogP contribution in [0.3, 0.4) is 0 Å². The Morgan fingerprint density at radius 1 is 0.556 bits per heavy atom. The zero-order valence-electron chi connectivity index (χ0n) is 15.7. The number of rotatable bonds is 9. The van der Waals surface area contributed by atoms with E-state index in [4.69, 9.17) is 10.0 Å². The summed E-state index contributed by atoms with van der Waals surface area (Å²) in [7, 11) is -1.20. The van der Waals surface area contributed by atoms with E-state index in [1.165, 1.54) is 16.7 Å². The third-order valence-corrected chi connectivity index (χ3v) is 5.31. The van der Waals surface area contributed by atoms with Crippen LogP contribution in [-0.2, 0) is 5.41 Å². The summed E-state index contributed by atoms with van der Waals surface area (Å²) in [6.45, 7) is 0. The van der Waals surface area contributed by atoms with Gasteiger partial charge in [0.15, 0.2) is 0 Å². The second kappa shape index (κ2) is 9.54. The van der Waals surface area contributed by atoms with Gasteiger partial charge >= 0.3 is 7.12 Å².